The number of nitrogens with one attached hydrogen (secondary N) is 1. The molecule has 0 aromatic carbocycles. The molecule has 1 atom stereocenters. The van der Waals surface area contributed by atoms with Gasteiger partial charge in [-0.2, -0.15) is 13.2 Å². The summed E-state index contributed by atoms with van der Waals surface area (Å²) in [6.07, 6.45) is -4.10. The third kappa shape index (κ3) is 3.86. The van der Waals surface area contributed by atoms with E-state index < -0.39 is 23.6 Å². The summed E-state index contributed by atoms with van der Waals surface area (Å²) >= 11 is 0. The fraction of sp³-hybridized carbons (Fsp3) is 0.500. The Labute approximate surface area is 101 Å². The van der Waals surface area contributed by atoms with Gasteiger partial charge in [0.05, 0.1) is 11.3 Å². The molecule has 1 N–H and O–H groups in total. The molecule has 1 unspecified atom stereocenters. The van der Waals surface area contributed by atoms with Crippen molar-refractivity contribution >= 4 is 11.5 Å². The van der Waals surface area contributed by atoms with E-state index in [0.717, 1.165) is 0 Å². The molecule has 1 aromatic rings. The Kier molecular flexibility index (Phi) is 4.10. The fourth-order valence-corrected chi connectivity index (χ4v) is 1.52. The summed E-state index contributed by atoms with van der Waals surface area (Å²) in [7, 11) is 0. The Morgan fingerprint density at radius 1 is 1.56 bits per heavy atom. The molecular formula is C10H12F3N3O2. The second-order valence-electron chi connectivity index (χ2n) is 3.95. The summed E-state index contributed by atoms with van der Waals surface area (Å²) in [6, 6.07) is 0.440. The number of aromatic nitrogens is 1. The van der Waals surface area contributed by atoms with Crippen LogP contribution in [-0.2, 0) is 0 Å². The van der Waals surface area contributed by atoms with E-state index in [9.17, 15) is 23.3 Å². The van der Waals surface area contributed by atoms with Crippen molar-refractivity contribution in [3.63, 3.8) is 0 Å². The number of rotatable bonds is 4. The molecule has 1 rings (SSSR count). The zero-order valence-corrected chi connectivity index (χ0v) is 9.78. The van der Waals surface area contributed by atoms with Gasteiger partial charge in [0.2, 0.25) is 5.82 Å². The Hall–Kier alpha value is -1.86. The van der Waals surface area contributed by atoms with Crippen molar-refractivity contribution in [2.45, 2.75) is 32.5 Å². The van der Waals surface area contributed by atoms with Crippen LogP contribution in [0, 0.1) is 17.0 Å². The van der Waals surface area contributed by atoms with Crippen LogP contribution in [0.15, 0.2) is 12.3 Å². The van der Waals surface area contributed by atoms with Gasteiger partial charge in [-0.1, -0.05) is 0 Å². The Morgan fingerprint density at radius 2 is 2.17 bits per heavy atom. The topological polar surface area (TPSA) is 68.1 Å². The van der Waals surface area contributed by atoms with Crippen LogP contribution in [0.25, 0.3) is 0 Å². The summed E-state index contributed by atoms with van der Waals surface area (Å²) in [5, 5.41) is 13.2. The molecule has 0 amide bonds. The standard InChI is InChI=1S/C10H12F3N3O2/c1-6-3-4-14-9(8(6)16(17)18)15-7(2)5-10(11,12)13/h3-4,7H,5H2,1-2H3,(H,14,15). The van der Waals surface area contributed by atoms with Crippen molar-refractivity contribution < 1.29 is 18.1 Å². The summed E-state index contributed by atoms with van der Waals surface area (Å²) in [6.45, 7) is 2.79. The Morgan fingerprint density at radius 3 is 2.67 bits per heavy atom. The lowest BCUT2D eigenvalue weighted by Crippen LogP contribution is -2.24. The van der Waals surface area contributed by atoms with Crippen molar-refractivity contribution in [1.29, 1.82) is 0 Å². The minimum Gasteiger partial charge on any atom is -0.362 e. The molecule has 18 heavy (non-hydrogen) atoms. The minimum atomic E-state index is -4.33. The zero-order chi connectivity index (χ0) is 13.9. The van der Waals surface area contributed by atoms with Crippen molar-refractivity contribution in [2.24, 2.45) is 0 Å². The molecule has 0 radical (unpaired) electrons. The first-order chi connectivity index (χ1) is 8.20. The van der Waals surface area contributed by atoms with Gasteiger partial charge >= 0.3 is 11.9 Å². The maximum absolute atomic E-state index is 12.2. The van der Waals surface area contributed by atoms with Crippen LogP contribution in [-0.4, -0.2) is 22.1 Å². The van der Waals surface area contributed by atoms with Gasteiger partial charge in [-0.15, -0.1) is 0 Å². The highest BCUT2D eigenvalue weighted by Crippen LogP contribution is 2.28. The van der Waals surface area contributed by atoms with Crippen LogP contribution in [0.5, 0.6) is 0 Å². The largest absolute Gasteiger partial charge is 0.391 e. The van der Waals surface area contributed by atoms with Gasteiger partial charge in [0, 0.05) is 17.8 Å². The zero-order valence-electron chi connectivity index (χ0n) is 9.78. The van der Waals surface area contributed by atoms with E-state index in [1.807, 2.05) is 0 Å². The van der Waals surface area contributed by atoms with Crippen molar-refractivity contribution in [3.05, 3.63) is 27.9 Å². The van der Waals surface area contributed by atoms with Crippen LogP contribution >= 0.6 is 0 Å². The molecule has 0 aliphatic heterocycles. The van der Waals surface area contributed by atoms with Gasteiger partial charge in [0.25, 0.3) is 0 Å². The molecule has 5 nitrogen and oxygen atoms in total. The maximum Gasteiger partial charge on any atom is 0.391 e. The minimum absolute atomic E-state index is 0.142. The van der Waals surface area contributed by atoms with Crippen molar-refractivity contribution in [2.75, 3.05) is 5.32 Å². The van der Waals surface area contributed by atoms with E-state index >= 15 is 0 Å². The Bertz CT molecular complexity index is 448. The molecule has 8 heteroatoms. The predicted molar refractivity (Wildman–Crippen MR) is 59.4 cm³/mol. The number of aryl methyl sites for hydroxylation is 1. The van der Waals surface area contributed by atoms with E-state index in [1.165, 1.54) is 26.1 Å². The quantitative estimate of drug-likeness (QED) is 0.669. The highest BCUT2D eigenvalue weighted by molar-refractivity contribution is 5.60. The van der Waals surface area contributed by atoms with Crippen molar-refractivity contribution in [1.82, 2.24) is 4.98 Å². The maximum atomic E-state index is 12.2. The SMILES string of the molecule is Cc1ccnc(NC(C)CC(F)(F)F)c1[N+](=O)[O-]. The monoisotopic (exact) mass is 263 g/mol. The third-order valence-corrected chi connectivity index (χ3v) is 2.23. The highest BCUT2D eigenvalue weighted by Gasteiger charge is 2.31. The molecule has 0 aliphatic rings. The lowest BCUT2D eigenvalue weighted by Gasteiger charge is -2.16. The first kappa shape index (κ1) is 14.2. The molecule has 0 spiro atoms. The molecule has 0 fully saturated rings. The number of nitro groups is 1. The fourth-order valence-electron chi connectivity index (χ4n) is 1.52. The molecule has 1 heterocycles. The molecule has 100 valence electrons. The molecule has 0 aliphatic carbocycles. The number of pyridine rings is 1. The summed E-state index contributed by atoms with van der Waals surface area (Å²) in [5.74, 6) is -0.142. The molecule has 0 bridgehead atoms. The lowest BCUT2D eigenvalue weighted by molar-refractivity contribution is -0.384. The average Bonchev–Trinajstić information content (AvgIpc) is 2.13. The average molecular weight is 263 g/mol. The number of halogens is 3. The van der Waals surface area contributed by atoms with Gasteiger partial charge in [-0.3, -0.25) is 10.1 Å². The number of alkyl halides is 3. The van der Waals surface area contributed by atoms with Crippen LogP contribution in [0.1, 0.15) is 18.9 Å². The highest BCUT2D eigenvalue weighted by atomic mass is 19.4. The summed E-state index contributed by atoms with van der Waals surface area (Å²) in [5.41, 5.74) is 0.0447. The van der Waals surface area contributed by atoms with E-state index in [4.69, 9.17) is 0 Å². The van der Waals surface area contributed by atoms with Gasteiger partial charge in [-0.05, 0) is 19.9 Å². The second kappa shape index (κ2) is 5.19. The van der Waals surface area contributed by atoms with E-state index in [0.29, 0.717) is 5.56 Å². The Balaban J connectivity index is 2.91. The number of anilines is 1. The van der Waals surface area contributed by atoms with Gasteiger partial charge < -0.3 is 5.32 Å². The first-order valence-electron chi connectivity index (χ1n) is 5.14. The summed E-state index contributed by atoms with van der Waals surface area (Å²) < 4.78 is 36.5. The first-order valence-corrected chi connectivity index (χ1v) is 5.14. The molecular weight excluding hydrogens is 251 g/mol. The van der Waals surface area contributed by atoms with Crippen LogP contribution in [0.2, 0.25) is 0 Å². The van der Waals surface area contributed by atoms with Gasteiger partial charge in [-0.25, -0.2) is 4.98 Å². The van der Waals surface area contributed by atoms with E-state index in [-0.39, 0.29) is 11.5 Å². The lowest BCUT2D eigenvalue weighted by atomic mass is 10.2. The smallest absolute Gasteiger partial charge is 0.362 e. The van der Waals surface area contributed by atoms with Crippen LogP contribution in [0.4, 0.5) is 24.7 Å². The normalized spacial score (nSPS) is 13.2. The second-order valence-corrected chi connectivity index (χ2v) is 3.95. The molecule has 0 saturated heterocycles. The predicted octanol–water partition coefficient (Wildman–Crippen LogP) is 3.05. The number of hydrogen-bond donors (Lipinski definition) is 1. The van der Waals surface area contributed by atoms with Gasteiger partial charge in [0.15, 0.2) is 0 Å². The third-order valence-electron chi connectivity index (χ3n) is 2.23. The van der Waals surface area contributed by atoms with E-state index in [1.54, 1.807) is 0 Å². The summed E-state index contributed by atoms with van der Waals surface area (Å²) in [4.78, 5) is 13.9. The molecule has 1 aromatic heterocycles. The number of hydrogen-bond acceptors (Lipinski definition) is 4. The van der Waals surface area contributed by atoms with Crippen molar-refractivity contribution in [3.8, 4) is 0 Å². The molecule has 0 saturated carbocycles. The number of nitrogens with zero attached hydrogens (tertiary/aromatic N) is 2. The van der Waals surface area contributed by atoms with Crippen LogP contribution in [0.3, 0.4) is 0 Å². The van der Waals surface area contributed by atoms with Gasteiger partial charge in [0.1, 0.15) is 0 Å². The van der Waals surface area contributed by atoms with E-state index in [2.05, 4.69) is 10.3 Å². The van der Waals surface area contributed by atoms with Crippen LogP contribution < -0.4 is 5.32 Å².